The van der Waals surface area contributed by atoms with Crippen molar-refractivity contribution in [1.29, 1.82) is 0 Å². The Balaban J connectivity index is 1.17. The lowest BCUT2D eigenvalue weighted by Crippen LogP contribution is -2.35. The van der Waals surface area contributed by atoms with Gasteiger partial charge in [0.25, 0.3) is 0 Å². The van der Waals surface area contributed by atoms with E-state index in [2.05, 4.69) is 58.5 Å². The van der Waals surface area contributed by atoms with E-state index in [0.717, 1.165) is 55.4 Å². The number of hydrogen-bond donors (Lipinski definition) is 3. The Morgan fingerprint density at radius 1 is 1.00 bits per heavy atom. The van der Waals surface area contributed by atoms with Crippen molar-refractivity contribution in [2.75, 3.05) is 42.7 Å². The second-order valence-corrected chi connectivity index (χ2v) is 11.4. The quantitative estimate of drug-likeness (QED) is 0.266. The molecule has 1 saturated heterocycles. The van der Waals surface area contributed by atoms with E-state index in [1.54, 1.807) is 27.7 Å². The predicted molar refractivity (Wildman–Crippen MR) is 164 cm³/mol. The standard InChI is InChI=1S/C31H35N9O2/c1-31(2,3)26-18-28(39(37-26)24-10-4-21(5-11-24)20-38-14-16-42-17-15-38)36-30(41)35-23-8-6-22(7-9-23)25-19-33-27-12-13-34-40(27)29(25)32/h4-13,18-19H,14-17,20,32H2,1-3H3,(H2,35,36,41). The van der Waals surface area contributed by atoms with Gasteiger partial charge in [-0.05, 0) is 35.4 Å². The SMILES string of the molecule is CC(C)(C)c1cc(NC(=O)Nc2ccc(-c3cnc4ccnn4c3N)cc2)n(-c2ccc(CN3CCOCC3)cc2)n1. The molecule has 0 saturated carbocycles. The highest BCUT2D eigenvalue weighted by Gasteiger charge is 2.22. The van der Waals surface area contributed by atoms with E-state index in [4.69, 9.17) is 15.6 Å². The molecule has 3 aromatic heterocycles. The van der Waals surface area contributed by atoms with Gasteiger partial charge in [0.1, 0.15) is 11.6 Å². The maximum absolute atomic E-state index is 13.1. The summed E-state index contributed by atoms with van der Waals surface area (Å²) in [5.74, 6) is 1.09. The van der Waals surface area contributed by atoms with Gasteiger partial charge in [-0.3, -0.25) is 10.2 Å². The van der Waals surface area contributed by atoms with Crippen molar-refractivity contribution < 1.29 is 9.53 Å². The first-order valence-corrected chi connectivity index (χ1v) is 14.0. The Labute approximate surface area is 244 Å². The number of carbonyl (C=O) groups is 1. The number of nitrogen functional groups attached to an aromatic ring is 1. The number of carbonyl (C=O) groups excluding carboxylic acids is 1. The van der Waals surface area contributed by atoms with Crippen molar-refractivity contribution in [2.45, 2.75) is 32.7 Å². The second-order valence-electron chi connectivity index (χ2n) is 11.4. The van der Waals surface area contributed by atoms with Crippen LogP contribution in [0.15, 0.2) is 73.1 Å². The van der Waals surface area contributed by atoms with Gasteiger partial charge in [-0.2, -0.15) is 14.7 Å². The predicted octanol–water partition coefficient (Wildman–Crippen LogP) is 4.94. The number of nitrogens with two attached hydrogens (primary N) is 1. The van der Waals surface area contributed by atoms with Gasteiger partial charge in [-0.1, -0.05) is 45.0 Å². The fourth-order valence-corrected chi connectivity index (χ4v) is 4.92. The normalized spacial score (nSPS) is 14.3. The van der Waals surface area contributed by atoms with E-state index in [1.165, 1.54) is 5.56 Å². The molecule has 4 heterocycles. The van der Waals surface area contributed by atoms with E-state index < -0.39 is 0 Å². The van der Waals surface area contributed by atoms with Crippen LogP contribution in [0.5, 0.6) is 0 Å². The van der Waals surface area contributed by atoms with Crippen molar-refractivity contribution in [1.82, 2.24) is 29.3 Å². The van der Waals surface area contributed by atoms with Crippen LogP contribution in [-0.2, 0) is 16.7 Å². The number of aromatic nitrogens is 5. The van der Waals surface area contributed by atoms with Crippen LogP contribution in [0.1, 0.15) is 32.0 Å². The van der Waals surface area contributed by atoms with E-state index in [0.29, 0.717) is 23.0 Å². The number of anilines is 3. The number of fused-ring (bicyclic) bond motifs is 1. The lowest BCUT2D eigenvalue weighted by Gasteiger charge is -2.26. The zero-order valence-corrected chi connectivity index (χ0v) is 24.0. The first-order valence-electron chi connectivity index (χ1n) is 14.0. The molecule has 1 aliphatic heterocycles. The van der Waals surface area contributed by atoms with Crippen LogP contribution in [0.3, 0.4) is 0 Å². The van der Waals surface area contributed by atoms with E-state index in [1.807, 2.05) is 42.5 Å². The summed E-state index contributed by atoms with van der Waals surface area (Å²) in [6, 6.07) is 19.1. The average Bonchev–Trinajstić information content (AvgIpc) is 3.63. The molecule has 6 rings (SSSR count). The van der Waals surface area contributed by atoms with Gasteiger partial charge in [0, 0.05) is 54.6 Å². The Morgan fingerprint density at radius 3 is 2.45 bits per heavy atom. The fourth-order valence-electron chi connectivity index (χ4n) is 4.92. The molecule has 11 heteroatoms. The molecule has 2 aromatic carbocycles. The third kappa shape index (κ3) is 5.83. The molecule has 4 N–H and O–H groups in total. The van der Waals surface area contributed by atoms with Crippen LogP contribution in [-0.4, -0.2) is 61.6 Å². The maximum Gasteiger partial charge on any atom is 0.324 e. The first kappa shape index (κ1) is 27.4. The molecule has 11 nitrogen and oxygen atoms in total. The number of nitrogens with zero attached hydrogens (tertiary/aromatic N) is 6. The number of urea groups is 1. The number of amides is 2. The summed E-state index contributed by atoms with van der Waals surface area (Å²) in [6.45, 7) is 10.6. The molecule has 0 unspecified atom stereocenters. The zero-order valence-electron chi connectivity index (χ0n) is 24.0. The van der Waals surface area contributed by atoms with Crippen LogP contribution < -0.4 is 16.4 Å². The first-order chi connectivity index (χ1) is 20.2. The van der Waals surface area contributed by atoms with E-state index >= 15 is 0 Å². The molecule has 0 aliphatic carbocycles. The highest BCUT2D eigenvalue weighted by atomic mass is 16.5. The summed E-state index contributed by atoms with van der Waals surface area (Å²) in [7, 11) is 0. The van der Waals surface area contributed by atoms with E-state index in [-0.39, 0.29) is 11.4 Å². The van der Waals surface area contributed by atoms with Crippen molar-refractivity contribution >= 4 is 29.0 Å². The minimum absolute atomic E-state index is 0.194. The third-order valence-electron chi connectivity index (χ3n) is 7.32. The molecule has 0 radical (unpaired) electrons. The van der Waals surface area contributed by atoms with Crippen LogP contribution in [0.25, 0.3) is 22.5 Å². The van der Waals surface area contributed by atoms with Gasteiger partial charge < -0.3 is 15.8 Å². The molecule has 0 bridgehead atoms. The summed E-state index contributed by atoms with van der Waals surface area (Å²) in [6.07, 6.45) is 3.39. The molecule has 5 aromatic rings. The van der Waals surface area contributed by atoms with Gasteiger partial charge in [-0.15, -0.1) is 0 Å². The topological polar surface area (TPSA) is 128 Å². The van der Waals surface area contributed by atoms with Gasteiger partial charge in [-0.25, -0.2) is 14.5 Å². The van der Waals surface area contributed by atoms with Crippen molar-refractivity contribution in [3.8, 4) is 16.8 Å². The largest absolute Gasteiger partial charge is 0.383 e. The molecule has 0 atom stereocenters. The van der Waals surface area contributed by atoms with Crippen molar-refractivity contribution in [2.24, 2.45) is 0 Å². The van der Waals surface area contributed by atoms with Gasteiger partial charge >= 0.3 is 6.03 Å². The summed E-state index contributed by atoms with van der Waals surface area (Å²) in [4.78, 5) is 19.9. The summed E-state index contributed by atoms with van der Waals surface area (Å²) < 4.78 is 8.84. The highest BCUT2D eigenvalue weighted by Crippen LogP contribution is 2.28. The zero-order chi connectivity index (χ0) is 29.3. The number of nitrogens with one attached hydrogen (secondary N) is 2. The van der Waals surface area contributed by atoms with Gasteiger partial charge in [0.15, 0.2) is 5.65 Å². The van der Waals surface area contributed by atoms with Gasteiger partial charge in [0.2, 0.25) is 0 Å². The maximum atomic E-state index is 13.1. The minimum atomic E-state index is -0.368. The summed E-state index contributed by atoms with van der Waals surface area (Å²) >= 11 is 0. The monoisotopic (exact) mass is 565 g/mol. The molecular weight excluding hydrogens is 530 g/mol. The number of morpholine rings is 1. The Bertz CT molecular complexity index is 1690. The van der Waals surface area contributed by atoms with Crippen LogP contribution in [0, 0.1) is 0 Å². The average molecular weight is 566 g/mol. The molecule has 0 spiro atoms. The van der Waals surface area contributed by atoms with E-state index in [9.17, 15) is 4.79 Å². The number of ether oxygens (including phenoxy) is 1. The molecule has 1 fully saturated rings. The summed E-state index contributed by atoms with van der Waals surface area (Å²) in [5, 5.41) is 15.0. The second kappa shape index (κ2) is 11.3. The van der Waals surface area contributed by atoms with Crippen LogP contribution >= 0.6 is 0 Å². The fraction of sp³-hybridized carbons (Fsp3) is 0.290. The lowest BCUT2D eigenvalue weighted by molar-refractivity contribution is 0.0342. The number of rotatable bonds is 6. The van der Waals surface area contributed by atoms with Crippen LogP contribution in [0.4, 0.5) is 22.1 Å². The molecule has 1 aliphatic rings. The number of hydrogen-bond acceptors (Lipinski definition) is 7. The molecular formula is C31H35N9O2. The minimum Gasteiger partial charge on any atom is -0.383 e. The van der Waals surface area contributed by atoms with Crippen LogP contribution in [0.2, 0.25) is 0 Å². The summed E-state index contributed by atoms with van der Waals surface area (Å²) in [5.41, 5.74) is 12.0. The Kier molecular flexibility index (Phi) is 7.36. The molecule has 2 amide bonds. The molecule has 216 valence electrons. The Hall–Kier alpha value is -4.74. The molecule has 42 heavy (non-hydrogen) atoms. The highest BCUT2D eigenvalue weighted by molar-refractivity contribution is 5.99. The van der Waals surface area contributed by atoms with Crippen molar-refractivity contribution in [3.05, 3.63) is 84.3 Å². The number of benzene rings is 2. The van der Waals surface area contributed by atoms with Gasteiger partial charge in [0.05, 0.1) is 30.8 Å². The third-order valence-corrected chi connectivity index (χ3v) is 7.32. The lowest BCUT2D eigenvalue weighted by atomic mass is 9.92. The van der Waals surface area contributed by atoms with Crippen molar-refractivity contribution in [3.63, 3.8) is 0 Å². The Morgan fingerprint density at radius 2 is 1.74 bits per heavy atom. The smallest absolute Gasteiger partial charge is 0.324 e.